The van der Waals surface area contributed by atoms with Gasteiger partial charge >= 0.3 is 0 Å². The minimum atomic E-state index is -3.43. The molecule has 1 fully saturated rings. The van der Waals surface area contributed by atoms with Crippen LogP contribution in [0.3, 0.4) is 0 Å². The second-order valence-electron chi connectivity index (χ2n) is 5.83. The molecule has 1 saturated carbocycles. The number of hydrogen-bond acceptors (Lipinski definition) is 4. The van der Waals surface area contributed by atoms with Gasteiger partial charge in [-0.1, -0.05) is 19.3 Å². The van der Waals surface area contributed by atoms with Gasteiger partial charge in [-0.05, 0) is 43.2 Å². The van der Waals surface area contributed by atoms with Gasteiger partial charge in [-0.15, -0.1) is 0 Å². The predicted molar refractivity (Wildman–Crippen MR) is 83.3 cm³/mol. The first kappa shape index (κ1) is 15.1. The highest BCUT2D eigenvalue weighted by Gasteiger charge is 2.20. The molecule has 0 bridgehead atoms. The van der Waals surface area contributed by atoms with Crippen LogP contribution >= 0.6 is 0 Å². The van der Waals surface area contributed by atoms with E-state index in [1.54, 1.807) is 6.07 Å². The van der Waals surface area contributed by atoms with Gasteiger partial charge in [-0.3, -0.25) is 4.68 Å². The molecular weight excluding hydrogens is 300 g/mol. The molecule has 1 aromatic heterocycles. The number of phenols is 1. The van der Waals surface area contributed by atoms with Crippen molar-refractivity contribution >= 4 is 9.84 Å². The fraction of sp³-hybridized carbons (Fsp3) is 0.438. The zero-order valence-corrected chi connectivity index (χ0v) is 13.2. The van der Waals surface area contributed by atoms with Crippen molar-refractivity contribution in [2.24, 2.45) is 0 Å². The highest BCUT2D eigenvalue weighted by Crippen LogP contribution is 2.28. The minimum absolute atomic E-state index is 0.0560. The van der Waals surface area contributed by atoms with E-state index in [2.05, 4.69) is 5.10 Å². The summed E-state index contributed by atoms with van der Waals surface area (Å²) in [6, 6.07) is 7.79. The number of nitrogens with zero attached hydrogens (tertiary/aromatic N) is 2. The van der Waals surface area contributed by atoms with Crippen molar-refractivity contribution in [1.29, 1.82) is 0 Å². The smallest absolute Gasteiger partial charge is 0.184 e. The lowest BCUT2D eigenvalue weighted by Gasteiger charge is -2.21. The Morgan fingerprint density at radius 1 is 1.09 bits per heavy atom. The molecule has 0 unspecified atom stereocenters. The average molecular weight is 320 g/mol. The zero-order valence-electron chi connectivity index (χ0n) is 12.4. The highest BCUT2D eigenvalue weighted by atomic mass is 32.2. The van der Waals surface area contributed by atoms with Gasteiger partial charge in [0.15, 0.2) is 9.84 Å². The molecule has 1 aliphatic rings. The number of aromatic nitrogens is 2. The number of benzene rings is 1. The summed E-state index contributed by atoms with van der Waals surface area (Å²) in [6.45, 7) is 0. The van der Waals surface area contributed by atoms with Crippen LogP contribution in [0.5, 0.6) is 5.75 Å². The Morgan fingerprint density at radius 3 is 2.45 bits per heavy atom. The second kappa shape index (κ2) is 6.12. The van der Waals surface area contributed by atoms with E-state index in [1.807, 2.05) is 10.9 Å². The quantitative estimate of drug-likeness (QED) is 0.939. The number of aromatic hydroxyl groups is 1. The molecule has 0 spiro atoms. The molecule has 1 N–H and O–H groups in total. The van der Waals surface area contributed by atoms with E-state index in [4.69, 9.17) is 0 Å². The molecule has 0 aliphatic heterocycles. The van der Waals surface area contributed by atoms with E-state index >= 15 is 0 Å². The summed E-state index contributed by atoms with van der Waals surface area (Å²) in [6.07, 6.45) is 7.83. The van der Waals surface area contributed by atoms with Crippen LogP contribution in [0.4, 0.5) is 0 Å². The van der Waals surface area contributed by atoms with Crippen LogP contribution in [0.2, 0.25) is 0 Å². The van der Waals surface area contributed by atoms with Gasteiger partial charge in [0.25, 0.3) is 0 Å². The van der Waals surface area contributed by atoms with Gasteiger partial charge in [0.1, 0.15) is 5.75 Å². The lowest BCUT2D eigenvalue weighted by atomic mass is 9.96. The molecule has 0 atom stereocenters. The molecule has 1 heterocycles. The van der Waals surface area contributed by atoms with Gasteiger partial charge in [-0.25, -0.2) is 8.42 Å². The summed E-state index contributed by atoms with van der Waals surface area (Å²) in [5.41, 5.74) is 0.568. The molecule has 22 heavy (non-hydrogen) atoms. The fourth-order valence-electron chi connectivity index (χ4n) is 2.93. The highest BCUT2D eigenvalue weighted by molar-refractivity contribution is 7.90. The van der Waals surface area contributed by atoms with E-state index in [0.717, 1.165) is 12.8 Å². The van der Waals surface area contributed by atoms with E-state index in [-0.39, 0.29) is 16.4 Å². The molecule has 0 radical (unpaired) electrons. The van der Waals surface area contributed by atoms with Gasteiger partial charge in [0, 0.05) is 6.20 Å². The topological polar surface area (TPSA) is 72.2 Å². The van der Waals surface area contributed by atoms with Gasteiger partial charge in [-0.2, -0.15) is 5.10 Å². The predicted octanol–water partition coefficient (Wildman–Crippen LogP) is 3.07. The van der Waals surface area contributed by atoms with Gasteiger partial charge in [0.2, 0.25) is 0 Å². The third-order valence-electron chi connectivity index (χ3n) is 4.15. The number of phenolic OH excluding ortho intramolecular Hbond substituents is 1. The lowest BCUT2D eigenvalue weighted by molar-refractivity contribution is 0.328. The Kier molecular flexibility index (Phi) is 4.20. The maximum Gasteiger partial charge on any atom is 0.184 e. The van der Waals surface area contributed by atoms with Crippen molar-refractivity contribution in [3.63, 3.8) is 0 Å². The van der Waals surface area contributed by atoms with Crippen molar-refractivity contribution in [2.45, 2.75) is 48.8 Å². The molecule has 3 rings (SSSR count). The van der Waals surface area contributed by atoms with Crippen molar-refractivity contribution in [1.82, 2.24) is 9.78 Å². The zero-order chi connectivity index (χ0) is 15.6. The number of sulfone groups is 1. The Balaban J connectivity index is 1.75. The van der Waals surface area contributed by atoms with Crippen LogP contribution in [-0.4, -0.2) is 23.3 Å². The van der Waals surface area contributed by atoms with Crippen molar-refractivity contribution in [3.8, 4) is 5.75 Å². The summed E-state index contributed by atoms with van der Waals surface area (Å²) >= 11 is 0. The largest absolute Gasteiger partial charge is 0.508 e. The first-order valence-electron chi connectivity index (χ1n) is 7.60. The van der Waals surface area contributed by atoms with Gasteiger partial charge in [0.05, 0.1) is 22.4 Å². The molecule has 1 aromatic carbocycles. The van der Waals surface area contributed by atoms with E-state index < -0.39 is 9.84 Å². The molecule has 0 amide bonds. The van der Waals surface area contributed by atoms with Crippen LogP contribution in [0, 0.1) is 0 Å². The fourth-order valence-corrected chi connectivity index (χ4v) is 4.20. The molecule has 118 valence electrons. The van der Waals surface area contributed by atoms with Crippen LogP contribution in [-0.2, 0) is 15.6 Å². The van der Waals surface area contributed by atoms with Crippen molar-refractivity contribution in [2.75, 3.05) is 0 Å². The SMILES string of the molecule is O=S(=O)(Cc1ccn(C2CCCCC2)n1)c1ccc(O)cc1. The molecule has 6 heteroatoms. The molecule has 1 aliphatic carbocycles. The summed E-state index contributed by atoms with van der Waals surface area (Å²) in [5, 5.41) is 13.7. The molecular formula is C16H20N2O3S. The maximum absolute atomic E-state index is 12.4. The molecule has 0 saturated heterocycles. The summed E-state index contributed by atoms with van der Waals surface area (Å²) in [5.74, 6) is -0.0576. The monoisotopic (exact) mass is 320 g/mol. The van der Waals surface area contributed by atoms with Crippen LogP contribution in [0.25, 0.3) is 0 Å². The Bertz CT molecular complexity index is 729. The Labute approximate surface area is 130 Å². The average Bonchev–Trinajstić information content (AvgIpc) is 2.96. The first-order chi connectivity index (χ1) is 10.5. The molecule has 5 nitrogen and oxygen atoms in total. The maximum atomic E-state index is 12.4. The van der Waals surface area contributed by atoms with Crippen LogP contribution < -0.4 is 0 Å². The van der Waals surface area contributed by atoms with Crippen LogP contribution in [0.15, 0.2) is 41.4 Å². The lowest BCUT2D eigenvalue weighted by Crippen LogP contribution is -2.14. The van der Waals surface area contributed by atoms with E-state index in [9.17, 15) is 13.5 Å². The van der Waals surface area contributed by atoms with Crippen molar-refractivity contribution < 1.29 is 13.5 Å². The van der Waals surface area contributed by atoms with E-state index in [1.165, 1.54) is 43.5 Å². The Hall–Kier alpha value is -1.82. The number of rotatable bonds is 4. The second-order valence-corrected chi connectivity index (χ2v) is 7.82. The first-order valence-corrected chi connectivity index (χ1v) is 9.26. The summed E-state index contributed by atoms with van der Waals surface area (Å²) in [4.78, 5) is 0.206. The molecule has 2 aromatic rings. The minimum Gasteiger partial charge on any atom is -0.508 e. The normalized spacial score (nSPS) is 16.7. The third kappa shape index (κ3) is 3.32. The van der Waals surface area contributed by atoms with E-state index in [0.29, 0.717) is 11.7 Å². The number of hydrogen-bond donors (Lipinski definition) is 1. The van der Waals surface area contributed by atoms with Crippen molar-refractivity contribution in [3.05, 3.63) is 42.2 Å². The van der Waals surface area contributed by atoms with Crippen LogP contribution in [0.1, 0.15) is 43.8 Å². The standard InChI is InChI=1S/C16H20N2O3S/c19-15-6-8-16(9-7-15)22(20,21)12-13-10-11-18(17-13)14-4-2-1-3-5-14/h6-11,14,19H,1-5,12H2. The van der Waals surface area contributed by atoms with Gasteiger partial charge < -0.3 is 5.11 Å². The third-order valence-corrected chi connectivity index (χ3v) is 5.81. The Morgan fingerprint density at radius 2 is 1.77 bits per heavy atom. The summed E-state index contributed by atoms with van der Waals surface area (Å²) < 4.78 is 26.7. The summed E-state index contributed by atoms with van der Waals surface area (Å²) in [7, 11) is -3.43.